The maximum atomic E-state index is 13.7. The van der Waals surface area contributed by atoms with Gasteiger partial charge >= 0.3 is 12.2 Å². The van der Waals surface area contributed by atoms with Gasteiger partial charge in [0.25, 0.3) is 0 Å². The second-order valence-corrected chi connectivity index (χ2v) is 5.98. The molecule has 3 atom stereocenters. The summed E-state index contributed by atoms with van der Waals surface area (Å²) in [6, 6.07) is 3.79. The molecule has 1 aliphatic rings. The molecule has 0 bridgehead atoms. The zero-order chi connectivity index (χ0) is 19.8. The van der Waals surface area contributed by atoms with Crippen LogP contribution in [0.4, 0.5) is 22.4 Å². The molecule has 2 heterocycles. The molecule has 0 aliphatic carbocycles. The van der Waals surface area contributed by atoms with Crippen molar-refractivity contribution in [2.45, 2.75) is 17.9 Å². The third-order valence-electron chi connectivity index (χ3n) is 4.26. The van der Waals surface area contributed by atoms with E-state index in [1.165, 1.54) is 29.8 Å². The standard InChI is InChI=1S/C17H13F4N3O3/c18-11-5-3-9(4-6-11)14(25)12-13(10-2-1-7-22-8-10)23-15(26)24-16(12,27)17(19,20)21/h1-8,12-13,27H,(H2,23,24,26)/t12-,13+,16+/m1/s1. The number of aliphatic hydroxyl groups is 1. The van der Waals surface area contributed by atoms with Crippen LogP contribution in [0.25, 0.3) is 0 Å². The summed E-state index contributed by atoms with van der Waals surface area (Å²) in [5, 5.41) is 14.0. The lowest BCUT2D eigenvalue weighted by Gasteiger charge is -2.44. The van der Waals surface area contributed by atoms with Gasteiger partial charge in [-0.3, -0.25) is 9.78 Å². The number of carbonyl (C=O) groups is 2. The molecule has 0 saturated carbocycles. The Bertz CT molecular complexity index is 858. The molecule has 0 unspecified atom stereocenters. The van der Waals surface area contributed by atoms with Gasteiger partial charge in [0.2, 0.25) is 5.72 Å². The summed E-state index contributed by atoms with van der Waals surface area (Å²) in [5.41, 5.74) is -3.99. The first-order valence-corrected chi connectivity index (χ1v) is 7.71. The van der Waals surface area contributed by atoms with Crippen molar-refractivity contribution in [1.82, 2.24) is 15.6 Å². The molecule has 1 fully saturated rings. The fraction of sp³-hybridized carbons (Fsp3) is 0.235. The van der Waals surface area contributed by atoms with Crippen LogP contribution in [0.5, 0.6) is 0 Å². The highest BCUT2D eigenvalue weighted by Gasteiger charge is 2.66. The molecule has 1 aromatic heterocycles. The number of nitrogens with zero attached hydrogens (tertiary/aromatic N) is 1. The topological polar surface area (TPSA) is 91.3 Å². The molecule has 0 spiro atoms. The molecular formula is C17H13F4N3O3. The van der Waals surface area contributed by atoms with Crippen LogP contribution < -0.4 is 10.6 Å². The van der Waals surface area contributed by atoms with Crippen molar-refractivity contribution in [3.05, 3.63) is 65.7 Å². The highest BCUT2D eigenvalue weighted by atomic mass is 19.4. The Hall–Kier alpha value is -3.01. The fourth-order valence-electron chi connectivity index (χ4n) is 2.97. The van der Waals surface area contributed by atoms with Crippen molar-refractivity contribution >= 4 is 11.8 Å². The Morgan fingerprint density at radius 1 is 1.19 bits per heavy atom. The van der Waals surface area contributed by atoms with Gasteiger partial charge in [0, 0.05) is 18.0 Å². The van der Waals surface area contributed by atoms with E-state index in [1.54, 1.807) is 0 Å². The van der Waals surface area contributed by atoms with Gasteiger partial charge in [0.1, 0.15) is 11.7 Å². The van der Waals surface area contributed by atoms with Gasteiger partial charge < -0.3 is 15.7 Å². The Kier molecular flexibility index (Phi) is 4.60. The maximum Gasteiger partial charge on any atom is 0.437 e. The predicted molar refractivity (Wildman–Crippen MR) is 83.9 cm³/mol. The number of Topliss-reactive ketones (excluding diaryl/α,β-unsaturated/α-hetero) is 1. The number of rotatable bonds is 3. The van der Waals surface area contributed by atoms with Gasteiger partial charge in [0.05, 0.1) is 6.04 Å². The van der Waals surface area contributed by atoms with Crippen LogP contribution in [0, 0.1) is 11.7 Å². The quantitative estimate of drug-likeness (QED) is 0.561. The Balaban J connectivity index is 2.15. The molecule has 2 amide bonds. The highest BCUT2D eigenvalue weighted by molar-refractivity contribution is 6.00. The normalized spacial score (nSPS) is 25.4. The highest BCUT2D eigenvalue weighted by Crippen LogP contribution is 2.43. The second kappa shape index (κ2) is 6.62. The zero-order valence-corrected chi connectivity index (χ0v) is 13.5. The fourth-order valence-corrected chi connectivity index (χ4v) is 2.97. The van der Waals surface area contributed by atoms with Gasteiger partial charge in [-0.25, -0.2) is 9.18 Å². The van der Waals surface area contributed by atoms with Gasteiger partial charge in [-0.15, -0.1) is 0 Å². The van der Waals surface area contributed by atoms with Crippen LogP contribution in [0.1, 0.15) is 22.0 Å². The Labute approximate surface area is 150 Å². The molecule has 10 heteroatoms. The van der Waals surface area contributed by atoms with Crippen LogP contribution in [0.15, 0.2) is 48.8 Å². The van der Waals surface area contributed by atoms with E-state index in [0.29, 0.717) is 0 Å². The van der Waals surface area contributed by atoms with E-state index in [2.05, 4.69) is 10.3 Å². The number of hydrogen-bond acceptors (Lipinski definition) is 4. The van der Waals surface area contributed by atoms with Crippen molar-refractivity contribution in [3.8, 4) is 0 Å². The smallest absolute Gasteiger partial charge is 0.363 e. The monoisotopic (exact) mass is 383 g/mol. The number of benzene rings is 1. The van der Waals surface area contributed by atoms with Crippen LogP contribution in [0.2, 0.25) is 0 Å². The molecule has 6 nitrogen and oxygen atoms in total. The van der Waals surface area contributed by atoms with Crippen LogP contribution in [0.3, 0.4) is 0 Å². The first-order chi connectivity index (χ1) is 12.6. The minimum atomic E-state index is -5.36. The molecule has 2 aromatic rings. The molecule has 3 rings (SSSR count). The minimum Gasteiger partial charge on any atom is -0.363 e. The van der Waals surface area contributed by atoms with Crippen molar-refractivity contribution in [3.63, 3.8) is 0 Å². The number of alkyl halides is 3. The Morgan fingerprint density at radius 3 is 2.41 bits per heavy atom. The second-order valence-electron chi connectivity index (χ2n) is 5.98. The van der Waals surface area contributed by atoms with E-state index in [4.69, 9.17) is 0 Å². The van der Waals surface area contributed by atoms with Crippen molar-refractivity contribution in [2.75, 3.05) is 0 Å². The third kappa shape index (κ3) is 3.35. The number of hydrogen-bond donors (Lipinski definition) is 3. The first-order valence-electron chi connectivity index (χ1n) is 7.71. The first kappa shape index (κ1) is 18.8. The van der Waals surface area contributed by atoms with Crippen LogP contribution in [-0.2, 0) is 0 Å². The van der Waals surface area contributed by atoms with Gasteiger partial charge in [0.15, 0.2) is 5.78 Å². The molecule has 27 heavy (non-hydrogen) atoms. The van der Waals surface area contributed by atoms with Crippen molar-refractivity contribution in [1.29, 1.82) is 0 Å². The molecule has 142 valence electrons. The number of amides is 2. The SMILES string of the molecule is O=C1N[C@@H](c2cccnc2)[C@H](C(=O)c2ccc(F)cc2)[C@](O)(C(F)(F)F)N1. The van der Waals surface area contributed by atoms with Crippen molar-refractivity contribution in [2.24, 2.45) is 5.92 Å². The molecule has 1 aliphatic heterocycles. The largest absolute Gasteiger partial charge is 0.437 e. The number of ketones is 1. The summed E-state index contributed by atoms with van der Waals surface area (Å²) in [7, 11) is 0. The van der Waals surface area contributed by atoms with Crippen molar-refractivity contribution < 1.29 is 32.3 Å². The number of halogens is 4. The van der Waals surface area contributed by atoms with E-state index >= 15 is 0 Å². The van der Waals surface area contributed by atoms with E-state index in [0.717, 1.165) is 24.3 Å². The van der Waals surface area contributed by atoms with Crippen LogP contribution in [-0.4, -0.2) is 33.8 Å². The molecular weight excluding hydrogens is 370 g/mol. The maximum absolute atomic E-state index is 13.7. The van der Waals surface area contributed by atoms with Crippen LogP contribution >= 0.6 is 0 Å². The van der Waals surface area contributed by atoms with Gasteiger partial charge in [-0.05, 0) is 35.9 Å². The van der Waals surface area contributed by atoms with Gasteiger partial charge in [-0.2, -0.15) is 13.2 Å². The number of urea groups is 1. The molecule has 1 aromatic carbocycles. The van der Waals surface area contributed by atoms with Gasteiger partial charge in [-0.1, -0.05) is 6.07 Å². The molecule has 0 radical (unpaired) electrons. The predicted octanol–water partition coefficient (Wildman–Crippen LogP) is 2.32. The zero-order valence-electron chi connectivity index (χ0n) is 13.5. The number of carbonyl (C=O) groups excluding carboxylic acids is 2. The molecule has 3 N–H and O–H groups in total. The van der Waals surface area contributed by atoms with E-state index < -0.39 is 41.5 Å². The average Bonchev–Trinajstić information content (AvgIpc) is 2.61. The summed E-state index contributed by atoms with van der Waals surface area (Å²) < 4.78 is 54.1. The number of nitrogens with one attached hydrogen (secondary N) is 2. The number of pyridine rings is 1. The summed E-state index contributed by atoms with van der Waals surface area (Å²) in [6.07, 6.45) is -2.82. The van der Waals surface area contributed by atoms with E-state index in [1.807, 2.05) is 0 Å². The summed E-state index contributed by atoms with van der Waals surface area (Å²) in [6.45, 7) is 0. The van der Waals surface area contributed by atoms with E-state index in [9.17, 15) is 32.3 Å². The lowest BCUT2D eigenvalue weighted by molar-refractivity contribution is -0.287. The molecule has 1 saturated heterocycles. The average molecular weight is 383 g/mol. The number of aromatic nitrogens is 1. The Morgan fingerprint density at radius 2 is 1.85 bits per heavy atom. The third-order valence-corrected chi connectivity index (χ3v) is 4.26. The summed E-state index contributed by atoms with van der Waals surface area (Å²) in [4.78, 5) is 28.4. The summed E-state index contributed by atoms with van der Waals surface area (Å²) in [5.74, 6) is -3.99. The summed E-state index contributed by atoms with van der Waals surface area (Å²) >= 11 is 0. The lowest BCUT2D eigenvalue weighted by Crippen LogP contribution is -2.72. The van der Waals surface area contributed by atoms with E-state index in [-0.39, 0.29) is 11.1 Å². The minimum absolute atomic E-state index is 0.0930. The lowest BCUT2D eigenvalue weighted by atomic mass is 9.77.